The lowest BCUT2D eigenvalue weighted by atomic mass is 9.71. The number of hydrogen-bond donors (Lipinski definition) is 2. The molecule has 0 bridgehead atoms. The number of phenolic OH excluding ortho intramolecular Hbond substituents is 1. The van der Waals surface area contributed by atoms with E-state index in [4.69, 9.17) is 0 Å². The Hall–Kier alpha value is -5.49. The number of carbonyl (C=O) groups is 3. The van der Waals surface area contributed by atoms with Crippen LogP contribution in [0.25, 0.3) is 11.3 Å². The molecule has 9 rings (SSSR count). The number of carbonyl (C=O) groups excluding carboxylic acids is 3. The molecular formula is C46H54N8O4. The van der Waals surface area contributed by atoms with E-state index in [1.54, 1.807) is 23.2 Å². The van der Waals surface area contributed by atoms with Crippen LogP contribution < -0.4 is 20.0 Å². The fourth-order valence-corrected chi connectivity index (χ4v) is 10.4. The van der Waals surface area contributed by atoms with Gasteiger partial charge in [-0.3, -0.25) is 19.8 Å². The minimum Gasteiger partial charge on any atom is -0.507 e. The highest BCUT2D eigenvalue weighted by molar-refractivity contribution is 6.05. The normalized spacial score (nSPS) is 21.4. The van der Waals surface area contributed by atoms with Crippen molar-refractivity contribution < 1.29 is 19.5 Å². The summed E-state index contributed by atoms with van der Waals surface area (Å²) in [4.78, 5) is 49.8. The summed E-state index contributed by atoms with van der Waals surface area (Å²) in [5, 5.41) is 21.4. The standard InChI is InChI=1S/C46H54N8O4/c55-41-9-5-4-8-39(41)40-30-38(31-47-49-40)52-28-20-46(21-29-52,35-6-2-1-3-7-35)43(57)53-22-14-34(15-23-53)32-50-25-17-45(33-50)18-26-51(27-19-45)36-10-12-37(13-11-36)54-24-16-42(56)48-44(54)58/h1-13,30-31,34,55H,14-29,32-33H2,(H,48,56,58). The van der Waals surface area contributed by atoms with E-state index in [2.05, 4.69) is 71.5 Å². The van der Waals surface area contributed by atoms with Gasteiger partial charge in [0.05, 0.1) is 23.0 Å². The zero-order valence-electron chi connectivity index (χ0n) is 33.3. The lowest BCUT2D eigenvalue weighted by Crippen LogP contribution is -2.55. The third-order valence-corrected chi connectivity index (χ3v) is 13.9. The summed E-state index contributed by atoms with van der Waals surface area (Å²) in [7, 11) is 0. The fraction of sp³-hybridized carbons (Fsp3) is 0.457. The van der Waals surface area contributed by atoms with Gasteiger partial charge in [0.2, 0.25) is 11.8 Å². The summed E-state index contributed by atoms with van der Waals surface area (Å²) in [5.41, 5.74) is 5.18. The molecule has 0 radical (unpaired) electrons. The largest absolute Gasteiger partial charge is 0.507 e. The number of phenols is 1. The Balaban J connectivity index is 0.773. The Bertz CT molecular complexity index is 2110. The van der Waals surface area contributed by atoms with E-state index in [1.807, 2.05) is 36.4 Å². The molecule has 5 fully saturated rings. The maximum atomic E-state index is 14.7. The van der Waals surface area contributed by atoms with Crippen LogP contribution in [0, 0.1) is 11.3 Å². The van der Waals surface area contributed by atoms with E-state index >= 15 is 0 Å². The molecular weight excluding hydrogens is 729 g/mol. The van der Waals surface area contributed by atoms with Crippen molar-refractivity contribution in [2.45, 2.75) is 56.8 Å². The number of hydrogen-bond acceptors (Lipinski definition) is 9. The SMILES string of the molecule is O=C1CCN(c2ccc(N3CCC4(CCN(CC5CCN(C(=O)C6(c7ccccc7)CCN(c7cnnc(-c8ccccc8O)c7)CC6)CC5)C4)CC3)cc2)C(=O)N1. The van der Waals surface area contributed by atoms with Crippen LogP contribution in [0.1, 0.15) is 56.9 Å². The van der Waals surface area contributed by atoms with Gasteiger partial charge in [-0.1, -0.05) is 42.5 Å². The van der Waals surface area contributed by atoms with E-state index < -0.39 is 5.41 Å². The van der Waals surface area contributed by atoms with E-state index in [0.717, 1.165) is 102 Å². The number of imide groups is 1. The molecule has 12 nitrogen and oxygen atoms in total. The molecule has 4 amide bonds. The van der Waals surface area contributed by atoms with E-state index in [-0.39, 0.29) is 23.6 Å². The van der Waals surface area contributed by atoms with Gasteiger partial charge in [0.25, 0.3) is 0 Å². The van der Waals surface area contributed by atoms with E-state index in [9.17, 15) is 19.5 Å². The highest BCUT2D eigenvalue weighted by atomic mass is 16.3. The van der Waals surface area contributed by atoms with Crippen LogP contribution in [0.15, 0.2) is 91.1 Å². The molecule has 6 heterocycles. The second kappa shape index (κ2) is 16.0. The summed E-state index contributed by atoms with van der Waals surface area (Å²) < 4.78 is 0. The van der Waals surface area contributed by atoms with E-state index in [1.165, 1.54) is 24.9 Å². The molecule has 5 aliphatic heterocycles. The average molecular weight is 783 g/mol. The number of aromatic hydroxyl groups is 1. The molecule has 0 unspecified atom stereocenters. The first-order valence-electron chi connectivity index (χ1n) is 21.2. The number of likely N-dealkylation sites (tertiary alicyclic amines) is 2. The van der Waals surface area contributed by atoms with Crippen molar-refractivity contribution in [3.05, 3.63) is 96.7 Å². The number of anilines is 3. The zero-order valence-corrected chi connectivity index (χ0v) is 33.3. The van der Waals surface area contributed by atoms with Crippen molar-refractivity contribution >= 4 is 34.9 Å². The number of benzene rings is 3. The molecule has 5 aliphatic rings. The maximum absolute atomic E-state index is 14.7. The van der Waals surface area contributed by atoms with Crippen LogP contribution >= 0.6 is 0 Å². The van der Waals surface area contributed by atoms with Crippen LogP contribution in [-0.4, -0.2) is 108 Å². The van der Waals surface area contributed by atoms with Crippen LogP contribution in [-0.2, 0) is 15.0 Å². The molecule has 1 aromatic heterocycles. The molecule has 0 saturated carbocycles. The first kappa shape index (κ1) is 38.1. The third kappa shape index (κ3) is 7.62. The molecule has 1 spiro atoms. The zero-order chi connectivity index (χ0) is 39.7. The Morgan fingerprint density at radius 1 is 0.741 bits per heavy atom. The fourth-order valence-electron chi connectivity index (χ4n) is 10.4. The number of nitrogens with one attached hydrogen (secondary N) is 1. The lowest BCUT2D eigenvalue weighted by molar-refractivity contribution is -0.140. The Kier molecular flexibility index (Phi) is 10.5. The van der Waals surface area contributed by atoms with Gasteiger partial charge in [-0.15, -0.1) is 0 Å². The maximum Gasteiger partial charge on any atom is 0.328 e. The minimum absolute atomic E-state index is 0.180. The van der Waals surface area contributed by atoms with Gasteiger partial charge in [-0.2, -0.15) is 10.2 Å². The number of nitrogens with zero attached hydrogens (tertiary/aromatic N) is 7. The highest BCUT2D eigenvalue weighted by Crippen LogP contribution is 2.43. The molecule has 302 valence electrons. The Morgan fingerprint density at radius 3 is 2.12 bits per heavy atom. The predicted molar refractivity (Wildman–Crippen MR) is 225 cm³/mol. The summed E-state index contributed by atoms with van der Waals surface area (Å²) in [5.74, 6) is 0.839. The molecule has 0 atom stereocenters. The van der Waals surface area contributed by atoms with Gasteiger partial charge in [0.15, 0.2) is 0 Å². The average Bonchev–Trinajstić information content (AvgIpc) is 3.65. The first-order chi connectivity index (χ1) is 28.3. The second-order valence-electron chi connectivity index (χ2n) is 17.2. The highest BCUT2D eigenvalue weighted by Gasteiger charge is 2.46. The van der Waals surface area contributed by atoms with Gasteiger partial charge < -0.3 is 24.7 Å². The van der Waals surface area contributed by atoms with Gasteiger partial charge in [-0.25, -0.2) is 4.79 Å². The number of para-hydroxylation sites is 1. The topological polar surface area (TPSA) is 125 Å². The number of piperidine rings is 3. The van der Waals surface area contributed by atoms with Crippen molar-refractivity contribution in [3.63, 3.8) is 0 Å². The minimum atomic E-state index is -0.560. The van der Waals surface area contributed by atoms with Crippen molar-refractivity contribution in [2.24, 2.45) is 11.3 Å². The van der Waals surface area contributed by atoms with Gasteiger partial charge >= 0.3 is 6.03 Å². The van der Waals surface area contributed by atoms with Crippen LogP contribution in [0.5, 0.6) is 5.75 Å². The predicted octanol–water partition coefficient (Wildman–Crippen LogP) is 6.06. The smallest absolute Gasteiger partial charge is 0.328 e. The number of aromatic nitrogens is 2. The molecule has 5 saturated heterocycles. The lowest BCUT2D eigenvalue weighted by Gasteiger charge is -2.45. The molecule has 4 aromatic rings. The summed E-state index contributed by atoms with van der Waals surface area (Å²) in [6.45, 7) is 9.00. The second-order valence-corrected chi connectivity index (χ2v) is 17.2. The molecule has 0 aliphatic carbocycles. The monoisotopic (exact) mass is 782 g/mol. The van der Waals surface area contributed by atoms with Crippen LogP contribution in [0.2, 0.25) is 0 Å². The van der Waals surface area contributed by atoms with Crippen molar-refractivity contribution in [3.8, 4) is 17.0 Å². The quantitative estimate of drug-likeness (QED) is 0.219. The Morgan fingerprint density at radius 2 is 1.40 bits per heavy atom. The number of rotatable bonds is 8. The number of amides is 4. The van der Waals surface area contributed by atoms with Crippen molar-refractivity contribution in [1.82, 2.24) is 25.3 Å². The van der Waals surface area contributed by atoms with Gasteiger partial charge in [-0.05, 0) is 111 Å². The van der Waals surface area contributed by atoms with Gasteiger partial charge in [0, 0.05) is 82.3 Å². The first-order valence-corrected chi connectivity index (χ1v) is 21.2. The van der Waals surface area contributed by atoms with Crippen LogP contribution in [0.4, 0.5) is 21.9 Å². The third-order valence-electron chi connectivity index (χ3n) is 13.9. The Labute approximate surface area is 340 Å². The summed E-state index contributed by atoms with van der Waals surface area (Å²) in [6.07, 6.45) is 9.27. The van der Waals surface area contributed by atoms with Crippen molar-refractivity contribution in [1.29, 1.82) is 0 Å². The summed E-state index contributed by atoms with van der Waals surface area (Å²) >= 11 is 0. The molecule has 2 N–H and O–H groups in total. The molecule has 3 aromatic carbocycles. The van der Waals surface area contributed by atoms with E-state index in [0.29, 0.717) is 35.6 Å². The van der Waals surface area contributed by atoms with Crippen LogP contribution in [0.3, 0.4) is 0 Å². The summed E-state index contributed by atoms with van der Waals surface area (Å²) in [6, 6.07) is 27.5. The number of urea groups is 1. The van der Waals surface area contributed by atoms with Crippen molar-refractivity contribution in [2.75, 3.05) is 80.1 Å². The molecule has 58 heavy (non-hydrogen) atoms. The van der Waals surface area contributed by atoms with Gasteiger partial charge in [0.1, 0.15) is 5.75 Å². The molecule has 12 heteroatoms.